The first-order valence-electron chi connectivity index (χ1n) is 7.83. The summed E-state index contributed by atoms with van der Waals surface area (Å²) < 4.78 is 0. The van der Waals surface area contributed by atoms with Crippen LogP contribution in [0.1, 0.15) is 46.5 Å². The molecule has 0 unspecified atom stereocenters. The molecule has 0 bridgehead atoms. The number of hydrogen-bond donors (Lipinski definition) is 2. The molecule has 0 spiro atoms. The van der Waals surface area contributed by atoms with Crippen LogP contribution in [0.25, 0.3) is 0 Å². The second kappa shape index (κ2) is 7.85. The first-order valence-corrected chi connectivity index (χ1v) is 7.83. The highest BCUT2D eigenvalue weighted by atomic mass is 15.1. The highest BCUT2D eigenvalue weighted by molar-refractivity contribution is 5.78. The Kier molecular flexibility index (Phi) is 6.80. The van der Waals surface area contributed by atoms with Crippen molar-refractivity contribution < 1.29 is 0 Å². The Labute approximate surface area is 118 Å². The molecule has 1 saturated carbocycles. The maximum absolute atomic E-state index is 7.49. The molecule has 0 aliphatic heterocycles. The Morgan fingerprint density at radius 3 is 2.00 bits per heavy atom. The fourth-order valence-corrected chi connectivity index (χ4v) is 2.85. The summed E-state index contributed by atoms with van der Waals surface area (Å²) in [5.74, 6) is 0.358. The summed E-state index contributed by atoms with van der Waals surface area (Å²) >= 11 is 0. The number of nitrogens with two attached hydrogens (primary N) is 1. The molecule has 0 radical (unpaired) electrons. The van der Waals surface area contributed by atoms with Gasteiger partial charge in [0.1, 0.15) is 0 Å². The molecule has 1 aliphatic rings. The Hall–Kier alpha value is -0.610. The lowest BCUT2D eigenvalue weighted by Crippen LogP contribution is -2.35. The molecule has 0 amide bonds. The van der Waals surface area contributed by atoms with Gasteiger partial charge in [0.2, 0.25) is 0 Å². The fraction of sp³-hybridized carbons (Fsp3) is 0.933. The maximum Gasteiger partial charge on any atom is 0.0911 e. The minimum atomic E-state index is 0.344. The quantitative estimate of drug-likeness (QED) is 0.446. The SMILES string of the molecule is CCN(CC)CCCN(CC)CC1(CC(=N)N)CC1. The van der Waals surface area contributed by atoms with Gasteiger partial charge in [-0.05, 0) is 57.4 Å². The van der Waals surface area contributed by atoms with Crippen LogP contribution in [0.15, 0.2) is 0 Å². The molecule has 3 N–H and O–H groups in total. The number of rotatable bonds is 11. The third-order valence-corrected chi connectivity index (χ3v) is 4.37. The Morgan fingerprint density at radius 2 is 1.58 bits per heavy atom. The van der Waals surface area contributed by atoms with Crippen molar-refractivity contribution in [2.24, 2.45) is 11.1 Å². The van der Waals surface area contributed by atoms with E-state index in [4.69, 9.17) is 11.1 Å². The molecule has 0 heterocycles. The predicted molar refractivity (Wildman–Crippen MR) is 82.7 cm³/mol. The van der Waals surface area contributed by atoms with Crippen molar-refractivity contribution in [1.29, 1.82) is 5.41 Å². The van der Waals surface area contributed by atoms with E-state index in [1.807, 2.05) is 0 Å². The van der Waals surface area contributed by atoms with E-state index in [1.54, 1.807) is 0 Å². The van der Waals surface area contributed by atoms with E-state index in [-0.39, 0.29) is 0 Å². The lowest BCUT2D eigenvalue weighted by Gasteiger charge is -2.27. The average Bonchev–Trinajstić information content (AvgIpc) is 3.12. The molecule has 4 heteroatoms. The maximum atomic E-state index is 7.49. The largest absolute Gasteiger partial charge is 0.388 e. The van der Waals surface area contributed by atoms with Crippen molar-refractivity contribution in [1.82, 2.24) is 9.80 Å². The molecular formula is C15H32N4. The molecule has 112 valence electrons. The average molecular weight is 268 g/mol. The van der Waals surface area contributed by atoms with Gasteiger partial charge in [0.05, 0.1) is 5.84 Å². The van der Waals surface area contributed by atoms with Gasteiger partial charge in [0, 0.05) is 13.0 Å². The molecule has 0 aromatic carbocycles. The minimum absolute atomic E-state index is 0.344. The van der Waals surface area contributed by atoms with E-state index in [9.17, 15) is 0 Å². The number of nitrogens with one attached hydrogen (secondary N) is 1. The van der Waals surface area contributed by atoms with Gasteiger partial charge in [0.25, 0.3) is 0 Å². The smallest absolute Gasteiger partial charge is 0.0911 e. The van der Waals surface area contributed by atoms with Crippen LogP contribution < -0.4 is 5.73 Å². The molecule has 0 atom stereocenters. The third-order valence-electron chi connectivity index (χ3n) is 4.37. The lowest BCUT2D eigenvalue weighted by atomic mass is 10.0. The fourth-order valence-electron chi connectivity index (χ4n) is 2.85. The van der Waals surface area contributed by atoms with E-state index >= 15 is 0 Å². The van der Waals surface area contributed by atoms with Crippen LogP contribution in [-0.4, -0.2) is 54.9 Å². The minimum Gasteiger partial charge on any atom is -0.388 e. The van der Waals surface area contributed by atoms with Crippen LogP contribution in [0.5, 0.6) is 0 Å². The molecule has 1 aliphatic carbocycles. The first-order chi connectivity index (χ1) is 9.05. The summed E-state index contributed by atoms with van der Waals surface area (Å²) in [6.45, 7) is 13.6. The first kappa shape index (κ1) is 16.4. The van der Waals surface area contributed by atoms with Gasteiger partial charge >= 0.3 is 0 Å². The molecule has 1 fully saturated rings. The molecule has 0 aromatic rings. The van der Waals surface area contributed by atoms with Gasteiger partial charge in [-0.1, -0.05) is 20.8 Å². The van der Waals surface area contributed by atoms with E-state index < -0.39 is 0 Å². The second-order valence-corrected chi connectivity index (χ2v) is 5.95. The Morgan fingerprint density at radius 1 is 1.05 bits per heavy atom. The van der Waals surface area contributed by atoms with Crippen molar-refractivity contribution in [3.8, 4) is 0 Å². The molecule has 0 aromatic heterocycles. The topological polar surface area (TPSA) is 56.4 Å². The summed E-state index contributed by atoms with van der Waals surface area (Å²) in [7, 11) is 0. The standard InChI is InChI=1S/C15H32N4/c1-4-18(5-2)10-7-11-19(6-3)13-15(8-9-15)12-14(16)17/h4-13H2,1-3H3,(H3,16,17). The van der Waals surface area contributed by atoms with E-state index in [1.165, 1.54) is 32.4 Å². The zero-order valence-electron chi connectivity index (χ0n) is 13.0. The summed E-state index contributed by atoms with van der Waals surface area (Å²) in [6, 6.07) is 0. The summed E-state index contributed by atoms with van der Waals surface area (Å²) in [5, 5.41) is 7.49. The third kappa shape index (κ3) is 5.91. The van der Waals surface area contributed by atoms with Crippen molar-refractivity contribution in [3.05, 3.63) is 0 Å². The normalized spacial score (nSPS) is 17.1. The highest BCUT2D eigenvalue weighted by Crippen LogP contribution is 2.49. The van der Waals surface area contributed by atoms with E-state index in [2.05, 4.69) is 30.6 Å². The van der Waals surface area contributed by atoms with Crippen molar-refractivity contribution >= 4 is 5.84 Å². The number of amidine groups is 1. The van der Waals surface area contributed by atoms with Gasteiger partial charge < -0.3 is 15.5 Å². The molecule has 19 heavy (non-hydrogen) atoms. The predicted octanol–water partition coefficient (Wildman–Crippen LogP) is 2.15. The Balaban J connectivity index is 2.28. The van der Waals surface area contributed by atoms with Crippen LogP contribution >= 0.6 is 0 Å². The number of hydrogen-bond acceptors (Lipinski definition) is 3. The van der Waals surface area contributed by atoms with Gasteiger partial charge in [-0.3, -0.25) is 5.41 Å². The molecule has 0 saturated heterocycles. The Bertz CT molecular complexity index is 269. The van der Waals surface area contributed by atoms with Gasteiger partial charge in [0.15, 0.2) is 0 Å². The van der Waals surface area contributed by atoms with Gasteiger partial charge in [-0.25, -0.2) is 0 Å². The van der Waals surface area contributed by atoms with E-state index in [0.717, 1.165) is 32.6 Å². The summed E-state index contributed by atoms with van der Waals surface area (Å²) in [6.07, 6.45) is 4.53. The monoisotopic (exact) mass is 268 g/mol. The van der Waals surface area contributed by atoms with Crippen LogP contribution in [0.4, 0.5) is 0 Å². The molecule has 4 nitrogen and oxygen atoms in total. The van der Waals surface area contributed by atoms with Gasteiger partial charge in [-0.2, -0.15) is 0 Å². The van der Waals surface area contributed by atoms with Crippen LogP contribution in [0, 0.1) is 10.8 Å². The summed E-state index contributed by atoms with van der Waals surface area (Å²) in [4.78, 5) is 5.02. The molecule has 1 rings (SSSR count). The van der Waals surface area contributed by atoms with Crippen molar-refractivity contribution in [2.45, 2.75) is 46.5 Å². The van der Waals surface area contributed by atoms with Crippen LogP contribution in [0.3, 0.4) is 0 Å². The van der Waals surface area contributed by atoms with E-state index in [0.29, 0.717) is 11.3 Å². The van der Waals surface area contributed by atoms with Crippen LogP contribution in [-0.2, 0) is 0 Å². The summed E-state index contributed by atoms with van der Waals surface area (Å²) in [5.41, 5.74) is 5.91. The lowest BCUT2D eigenvalue weighted by molar-refractivity contribution is 0.210. The second-order valence-electron chi connectivity index (χ2n) is 5.95. The van der Waals surface area contributed by atoms with Crippen molar-refractivity contribution in [3.63, 3.8) is 0 Å². The van der Waals surface area contributed by atoms with Crippen molar-refractivity contribution in [2.75, 3.05) is 39.3 Å². The zero-order valence-corrected chi connectivity index (χ0v) is 13.0. The number of nitrogens with zero attached hydrogens (tertiary/aromatic N) is 2. The van der Waals surface area contributed by atoms with Crippen LogP contribution in [0.2, 0.25) is 0 Å². The zero-order chi connectivity index (χ0) is 14.3. The highest BCUT2D eigenvalue weighted by Gasteiger charge is 2.43. The molecular weight excluding hydrogens is 236 g/mol. The van der Waals surface area contributed by atoms with Gasteiger partial charge in [-0.15, -0.1) is 0 Å².